The van der Waals surface area contributed by atoms with Gasteiger partial charge in [-0.15, -0.1) is 6.42 Å². The fraction of sp³-hybridized carbons (Fsp3) is 0.360. The number of carbonyl (C=O) groups is 2. The van der Waals surface area contributed by atoms with E-state index in [1.165, 1.54) is 6.07 Å². The summed E-state index contributed by atoms with van der Waals surface area (Å²) in [6.45, 7) is 3.35. The number of benzene rings is 2. The highest BCUT2D eigenvalue weighted by molar-refractivity contribution is 7.91. The number of aryl methyl sites for hydroxylation is 1. The molecule has 0 spiro atoms. The molecule has 0 N–H and O–H groups in total. The fourth-order valence-electron chi connectivity index (χ4n) is 2.93. The average Bonchev–Trinajstić information content (AvgIpc) is 2.79. The Bertz CT molecular complexity index is 1050. The first-order valence-electron chi connectivity index (χ1n) is 10.4. The summed E-state index contributed by atoms with van der Waals surface area (Å²) in [5.41, 5.74) is 1.72. The van der Waals surface area contributed by atoms with Crippen LogP contribution in [0.2, 0.25) is 0 Å². The van der Waals surface area contributed by atoms with Crippen LogP contribution in [-0.2, 0) is 19.3 Å². The molecule has 7 heteroatoms. The molecule has 0 aliphatic carbocycles. The molecule has 0 heterocycles. The lowest BCUT2D eigenvalue weighted by Gasteiger charge is -2.07. The molecule has 0 atom stereocenters. The lowest BCUT2D eigenvalue weighted by atomic mass is 10.0. The summed E-state index contributed by atoms with van der Waals surface area (Å²) in [6, 6.07) is 12.9. The van der Waals surface area contributed by atoms with Gasteiger partial charge in [0.15, 0.2) is 21.4 Å². The molecule has 0 saturated carbocycles. The van der Waals surface area contributed by atoms with Gasteiger partial charge in [-0.1, -0.05) is 41.8 Å². The van der Waals surface area contributed by atoms with E-state index in [0.717, 1.165) is 5.56 Å². The molecule has 0 fully saturated rings. The van der Waals surface area contributed by atoms with Crippen molar-refractivity contribution in [3.63, 3.8) is 0 Å². The molecule has 0 bridgehead atoms. The van der Waals surface area contributed by atoms with E-state index >= 15 is 0 Å². The molecule has 170 valence electrons. The van der Waals surface area contributed by atoms with Crippen LogP contribution in [0.15, 0.2) is 53.4 Å². The van der Waals surface area contributed by atoms with Gasteiger partial charge in [-0.2, -0.15) is 0 Å². The van der Waals surface area contributed by atoms with E-state index in [1.807, 2.05) is 6.92 Å². The third kappa shape index (κ3) is 8.39. The van der Waals surface area contributed by atoms with Gasteiger partial charge in [-0.05, 0) is 31.5 Å². The number of terminal acetylenes is 1. The van der Waals surface area contributed by atoms with Crippen molar-refractivity contribution in [3.05, 3.63) is 65.2 Å². The Balaban J connectivity index is 1.83. The van der Waals surface area contributed by atoms with Crippen LogP contribution in [0.1, 0.15) is 45.5 Å². The van der Waals surface area contributed by atoms with Crippen molar-refractivity contribution < 1.29 is 27.5 Å². The molecule has 0 radical (unpaired) electrons. The zero-order valence-corrected chi connectivity index (χ0v) is 19.0. The van der Waals surface area contributed by atoms with E-state index in [0.29, 0.717) is 37.4 Å². The molecule has 0 unspecified atom stereocenters. The van der Waals surface area contributed by atoms with Crippen LogP contribution < -0.4 is 0 Å². The standard InChI is InChI=1S/C25H28O6S/c1-3-14-30-16-17-31-15-5-8-24(26)21-6-4-7-22(19-21)25(27)13-18-32(28,29)23-11-9-20(2)10-12-23/h1,4,6-7,9-12,19H,5,8,13-18H2,2H3. The molecule has 0 aliphatic heterocycles. The van der Waals surface area contributed by atoms with E-state index < -0.39 is 9.84 Å². The number of hydrogen-bond donors (Lipinski definition) is 0. The summed E-state index contributed by atoms with van der Waals surface area (Å²) in [5, 5.41) is 0. The van der Waals surface area contributed by atoms with Crippen LogP contribution in [0.5, 0.6) is 0 Å². The Hall–Kier alpha value is -2.79. The van der Waals surface area contributed by atoms with Crippen LogP contribution in [0.3, 0.4) is 0 Å². The summed E-state index contributed by atoms with van der Waals surface area (Å²) < 4.78 is 35.4. The molecule has 2 rings (SSSR count). The Morgan fingerprint density at radius 3 is 2.19 bits per heavy atom. The Labute approximate surface area is 189 Å². The highest BCUT2D eigenvalue weighted by Crippen LogP contribution is 2.16. The van der Waals surface area contributed by atoms with E-state index in [1.54, 1.807) is 42.5 Å². The molecule has 2 aromatic rings. The van der Waals surface area contributed by atoms with Crippen molar-refractivity contribution in [2.45, 2.75) is 31.1 Å². The second kappa shape index (κ2) is 12.9. The third-order valence-corrected chi connectivity index (χ3v) is 6.47. The van der Waals surface area contributed by atoms with Crippen LogP contribution in [0.4, 0.5) is 0 Å². The predicted molar refractivity (Wildman–Crippen MR) is 123 cm³/mol. The molecule has 0 aromatic heterocycles. The minimum absolute atomic E-state index is 0.0980. The molecular formula is C25H28O6S. The van der Waals surface area contributed by atoms with Gasteiger partial charge in [-0.25, -0.2) is 8.42 Å². The highest BCUT2D eigenvalue weighted by Gasteiger charge is 2.18. The van der Waals surface area contributed by atoms with Crippen molar-refractivity contribution in [1.29, 1.82) is 0 Å². The van der Waals surface area contributed by atoms with Crippen molar-refractivity contribution in [1.82, 2.24) is 0 Å². The maximum absolute atomic E-state index is 12.5. The van der Waals surface area contributed by atoms with Crippen LogP contribution in [0, 0.1) is 19.3 Å². The van der Waals surface area contributed by atoms with Crippen molar-refractivity contribution in [2.24, 2.45) is 0 Å². The second-order valence-electron chi connectivity index (χ2n) is 7.28. The molecule has 2 aromatic carbocycles. The van der Waals surface area contributed by atoms with E-state index in [9.17, 15) is 18.0 Å². The number of ketones is 2. The van der Waals surface area contributed by atoms with Gasteiger partial charge < -0.3 is 9.47 Å². The Morgan fingerprint density at radius 2 is 1.53 bits per heavy atom. The van der Waals surface area contributed by atoms with E-state index in [2.05, 4.69) is 5.92 Å². The maximum Gasteiger partial charge on any atom is 0.178 e. The van der Waals surface area contributed by atoms with Gasteiger partial charge in [-0.3, -0.25) is 9.59 Å². The molecule has 32 heavy (non-hydrogen) atoms. The Kier molecular flexibility index (Phi) is 10.3. The van der Waals surface area contributed by atoms with Gasteiger partial charge in [0.25, 0.3) is 0 Å². The lowest BCUT2D eigenvalue weighted by molar-refractivity contribution is 0.0576. The zero-order chi connectivity index (χ0) is 23.4. The van der Waals surface area contributed by atoms with Gasteiger partial charge in [0.2, 0.25) is 0 Å². The van der Waals surface area contributed by atoms with Crippen molar-refractivity contribution in [3.8, 4) is 12.3 Å². The fourth-order valence-corrected chi connectivity index (χ4v) is 4.17. The monoisotopic (exact) mass is 456 g/mol. The average molecular weight is 457 g/mol. The second-order valence-corrected chi connectivity index (χ2v) is 9.39. The zero-order valence-electron chi connectivity index (χ0n) is 18.2. The van der Waals surface area contributed by atoms with Crippen LogP contribution >= 0.6 is 0 Å². The first kappa shape index (κ1) is 25.5. The summed E-state index contributed by atoms with van der Waals surface area (Å²) in [7, 11) is -3.55. The summed E-state index contributed by atoms with van der Waals surface area (Å²) in [5.74, 6) is 1.67. The van der Waals surface area contributed by atoms with Crippen LogP contribution in [-0.4, -0.2) is 52.2 Å². The number of hydrogen-bond acceptors (Lipinski definition) is 6. The number of carbonyl (C=O) groups excluding carboxylic acids is 2. The number of ether oxygens (including phenoxy) is 2. The quantitative estimate of drug-likeness (QED) is 0.245. The lowest BCUT2D eigenvalue weighted by Crippen LogP contribution is -2.12. The maximum atomic E-state index is 12.5. The largest absolute Gasteiger partial charge is 0.379 e. The van der Waals surface area contributed by atoms with Gasteiger partial charge in [0.05, 0.1) is 23.9 Å². The minimum Gasteiger partial charge on any atom is -0.379 e. The topological polar surface area (TPSA) is 86.7 Å². The molecular weight excluding hydrogens is 428 g/mol. The number of Topliss-reactive ketones (excluding diaryl/α,β-unsaturated/α-hetero) is 2. The smallest absolute Gasteiger partial charge is 0.178 e. The van der Waals surface area contributed by atoms with E-state index in [4.69, 9.17) is 15.9 Å². The Morgan fingerprint density at radius 1 is 0.906 bits per heavy atom. The molecule has 0 saturated heterocycles. The molecule has 0 amide bonds. The van der Waals surface area contributed by atoms with Gasteiger partial charge in [0.1, 0.15) is 6.61 Å². The normalized spacial score (nSPS) is 11.1. The number of sulfone groups is 1. The first-order valence-corrected chi connectivity index (χ1v) is 12.0. The van der Waals surface area contributed by atoms with Crippen molar-refractivity contribution in [2.75, 3.05) is 32.2 Å². The summed E-state index contributed by atoms with van der Waals surface area (Å²) in [4.78, 5) is 25.2. The molecule has 6 nitrogen and oxygen atoms in total. The number of rotatable bonds is 14. The molecule has 0 aliphatic rings. The van der Waals surface area contributed by atoms with Crippen molar-refractivity contribution >= 4 is 21.4 Å². The van der Waals surface area contributed by atoms with Gasteiger partial charge >= 0.3 is 0 Å². The highest BCUT2D eigenvalue weighted by atomic mass is 32.2. The third-order valence-electron chi connectivity index (χ3n) is 4.73. The minimum atomic E-state index is -3.55. The first-order chi connectivity index (χ1) is 15.3. The summed E-state index contributed by atoms with van der Waals surface area (Å²) >= 11 is 0. The SMILES string of the molecule is C#CCOCCOCCCC(=O)c1cccc(C(=O)CCS(=O)(=O)c2ccc(C)cc2)c1. The predicted octanol–water partition coefficient (Wildman–Crippen LogP) is 3.67. The van der Waals surface area contributed by atoms with Gasteiger partial charge in [0, 0.05) is 30.6 Å². The summed E-state index contributed by atoms with van der Waals surface area (Å²) in [6.07, 6.45) is 5.75. The van der Waals surface area contributed by atoms with Crippen LogP contribution in [0.25, 0.3) is 0 Å². The van der Waals surface area contributed by atoms with E-state index in [-0.39, 0.29) is 41.7 Å².